The summed E-state index contributed by atoms with van der Waals surface area (Å²) in [5.41, 5.74) is 11.9. The lowest BCUT2D eigenvalue weighted by Crippen LogP contribution is -2.32. The Labute approximate surface area is 850 Å². The quantitative estimate of drug-likeness (QED) is 0.0123. The Morgan fingerprint density at radius 3 is 1.26 bits per heavy atom. The summed E-state index contributed by atoms with van der Waals surface area (Å²) in [6.07, 6.45) is 31.6. The van der Waals surface area contributed by atoms with Crippen molar-refractivity contribution in [1.29, 1.82) is 0 Å². The van der Waals surface area contributed by atoms with E-state index in [1.807, 2.05) is 98.8 Å². The largest absolute Gasteiger partial charge is 0.744 e. The summed E-state index contributed by atoms with van der Waals surface area (Å²) >= 11 is 0. The lowest BCUT2D eigenvalue weighted by molar-refractivity contribution is -0.114. The number of rotatable bonds is 43. The number of carbonyl (C=O) groups excluding carboxylic acids is 2. The van der Waals surface area contributed by atoms with Crippen LogP contribution >= 0.6 is 0 Å². The lowest BCUT2D eigenvalue weighted by atomic mass is 9.87. The molecule has 1 heterocycles. The van der Waals surface area contributed by atoms with E-state index in [0.29, 0.717) is 108 Å². The van der Waals surface area contributed by atoms with Gasteiger partial charge in [-0.15, -0.1) is 0 Å². The molecule has 770 valence electrons. The molecule has 1 N–H and O–H groups in total. The minimum Gasteiger partial charge on any atom is -0.744 e. The summed E-state index contributed by atoms with van der Waals surface area (Å²) in [4.78, 5) is 23.0. The van der Waals surface area contributed by atoms with Crippen LogP contribution < -0.4 is 37.9 Å². The summed E-state index contributed by atoms with van der Waals surface area (Å²) in [5, 5.41) is 9.43. The van der Waals surface area contributed by atoms with Crippen LogP contribution in [0.25, 0.3) is 0 Å². The molecule has 1 saturated carbocycles. The first-order valence-corrected chi connectivity index (χ1v) is 55.6. The van der Waals surface area contributed by atoms with Gasteiger partial charge in [0.2, 0.25) is 5.78 Å². The molecule has 0 bridgehead atoms. The monoisotopic (exact) mass is 1990 g/mol. The molecule has 0 radical (unpaired) electrons. The van der Waals surface area contributed by atoms with Crippen LogP contribution in [0.5, 0.6) is 51.7 Å². The highest BCUT2D eigenvalue weighted by Gasteiger charge is 2.38. The van der Waals surface area contributed by atoms with Gasteiger partial charge in [-0.3, -0.25) is 9.59 Å². The van der Waals surface area contributed by atoms with Gasteiger partial charge in [-0.05, 0) is 297 Å². The van der Waals surface area contributed by atoms with Crippen molar-refractivity contribution >= 4 is 42.7 Å². The molecule has 1 saturated heterocycles. The second-order valence-corrected chi connectivity index (χ2v) is 42.0. The van der Waals surface area contributed by atoms with E-state index in [0.717, 1.165) is 103 Å². The highest BCUT2D eigenvalue weighted by molar-refractivity contribution is 7.98. The van der Waals surface area contributed by atoms with Crippen molar-refractivity contribution in [2.45, 2.75) is 309 Å². The van der Waals surface area contributed by atoms with Crippen LogP contribution in [-0.2, 0) is 47.3 Å². The van der Waals surface area contributed by atoms with Crippen molar-refractivity contribution in [2.75, 3.05) is 59.3 Å². The zero-order valence-corrected chi connectivity index (χ0v) is 89.8. The van der Waals surface area contributed by atoms with Gasteiger partial charge in [0.05, 0.1) is 50.4 Å². The molecule has 1 aliphatic heterocycles. The van der Waals surface area contributed by atoms with Gasteiger partial charge in [-0.2, -0.15) is 0 Å². The Morgan fingerprint density at radius 1 is 0.433 bits per heavy atom. The third-order valence-electron chi connectivity index (χ3n) is 26.1. The van der Waals surface area contributed by atoms with E-state index in [9.17, 15) is 35.5 Å². The number of unbranched alkanes of at least 4 members (excludes halogenated alkanes) is 5. The number of aromatic hydroxyl groups is 1. The molecule has 10 aromatic rings. The van der Waals surface area contributed by atoms with E-state index < -0.39 is 20.2 Å². The summed E-state index contributed by atoms with van der Waals surface area (Å²) in [5.74, 6) is 13.6. The van der Waals surface area contributed by atoms with Gasteiger partial charge >= 0.3 is 0 Å². The Bertz CT molecular complexity index is 5320. The standard InChI is InChI=1S/C20H24O5S.C19H24O5S.C19H30O2.C17H20O.C15H24O.C10H14O2.C10H15OS.C10H14O/c1-3-15(2)16-6-10-18(11-7-16)25-14-4-5-20(21)17-8-12-19(13-9-17)26(22,23)24;1-3-15(2)16-5-7-17(8-6-16)23-13-4-14-24-18-9-11-19(12-10-18)25(20,21)22;1-4-15(2)17-10-12-18(13-11-17)21-19(20-3)14-16-8-6-5-7-9-16;1-3-14(2)16-9-11-17(12-10-16)18-13-15-7-5-4-6-8-15;1-3-4-5-6-7-8-13-16-15-11-9-14(2)10-12-15;1-7-5-9(11-3)6-10(12-4)8(7)2;11-9-5-1-2-6-10(9)12-7-3-4-8-12;1-3-8(2)9-4-6-10(11)7-5-9/h6-13,15H,3-5,14H2,1-2H3,(H,22,23,24);5-12,15H,3-4,13-14H2,1-2H3,(H,20,21,22);10-13,15-16,19H,4-9,14H2,1-3H3;4-12,14H,3,13H2,1-2H3;9-12H,3-8,13H2,1-2H3;5-6H,1-4H3;1,5,10H,2-4,6-8H2;4-8,11H,3H2,1-2H3/q;;;;;;+1;/p-2. The van der Waals surface area contributed by atoms with Crippen LogP contribution in [0.2, 0.25) is 0 Å². The van der Waals surface area contributed by atoms with Gasteiger partial charge in [-0.1, -0.05) is 267 Å². The molecular formula is C120H163O18S3-. The first-order chi connectivity index (χ1) is 67.8. The summed E-state index contributed by atoms with van der Waals surface area (Å²) in [6, 6.07) is 73.4. The zero-order chi connectivity index (χ0) is 103. The first-order valence-electron chi connectivity index (χ1n) is 51.2. The number of phenols is 1. The van der Waals surface area contributed by atoms with E-state index in [4.69, 9.17) is 47.7 Å². The number of hydrogen-bond donors (Lipinski definition) is 1. The van der Waals surface area contributed by atoms with E-state index in [1.165, 1.54) is 194 Å². The van der Waals surface area contributed by atoms with E-state index >= 15 is 0 Å². The molecule has 18 nitrogen and oxygen atoms in total. The number of benzene rings is 10. The summed E-state index contributed by atoms with van der Waals surface area (Å²) in [7, 11) is -3.37. The van der Waals surface area contributed by atoms with Crippen LogP contribution in [-0.4, -0.2) is 113 Å². The van der Waals surface area contributed by atoms with Crippen molar-refractivity contribution in [3.63, 3.8) is 0 Å². The van der Waals surface area contributed by atoms with Gasteiger partial charge in [-0.25, -0.2) is 16.8 Å². The van der Waals surface area contributed by atoms with Crippen molar-refractivity contribution in [2.24, 2.45) is 5.92 Å². The third-order valence-corrected chi connectivity index (χ3v) is 30.7. The maximum Gasteiger partial charge on any atom is 0.207 e. The molecular weight excluding hydrogens is 1830 g/mol. The maximum atomic E-state index is 12.1. The van der Waals surface area contributed by atoms with Gasteiger partial charge in [0.25, 0.3) is 0 Å². The Balaban J connectivity index is 0.000000251. The number of ether oxygens (including phenoxy) is 9. The van der Waals surface area contributed by atoms with Crippen LogP contribution in [0.3, 0.4) is 0 Å². The fraction of sp³-hybridized carbons (Fsp3) is 0.467. The molecule has 10 aromatic carbocycles. The zero-order valence-electron chi connectivity index (χ0n) is 87.3. The smallest absolute Gasteiger partial charge is 0.207 e. The van der Waals surface area contributed by atoms with Gasteiger partial charge in [0.15, 0.2) is 17.3 Å². The molecule has 21 heteroatoms. The predicted molar refractivity (Wildman–Crippen MR) is 577 cm³/mol. The minimum atomic E-state index is -4.49. The molecule has 0 aromatic heterocycles. The second-order valence-electron chi connectivity index (χ2n) is 36.8. The van der Waals surface area contributed by atoms with Crippen molar-refractivity contribution in [1.82, 2.24) is 0 Å². The fourth-order valence-electron chi connectivity index (χ4n) is 15.7. The van der Waals surface area contributed by atoms with Crippen molar-refractivity contribution in [3.8, 4) is 51.7 Å². The number of phenolic OH excluding ortho intramolecular Hbond substituents is 1. The average molecular weight is 1990 g/mol. The predicted octanol–water partition coefficient (Wildman–Crippen LogP) is 30.0. The van der Waals surface area contributed by atoms with Crippen molar-refractivity contribution in [3.05, 3.63) is 304 Å². The van der Waals surface area contributed by atoms with E-state index in [-0.39, 0.29) is 28.3 Å². The number of methoxy groups -OCH3 is 3. The number of ketones is 2. The molecule has 0 spiro atoms. The molecule has 2 fully saturated rings. The number of allylic oxidation sites excluding steroid dienone is 2. The first kappa shape index (κ1) is 119. The van der Waals surface area contributed by atoms with E-state index in [1.54, 1.807) is 39.5 Å². The molecule has 13 rings (SSSR count). The molecule has 7 unspecified atom stereocenters. The molecule has 0 amide bonds. The summed E-state index contributed by atoms with van der Waals surface area (Å²) < 4.78 is 115. The van der Waals surface area contributed by atoms with Crippen LogP contribution in [0, 0.1) is 26.7 Å². The SMILES string of the molecule is CCC(C)c1ccc(O)cc1.CCC(C)c1ccc(OC(CC2CCCCC2)OC)cc1.CCC(C)c1ccc(OCCCC(=O)c2ccc(S(=O)(=O)[O-])cc2)cc1.CCC(C)c1ccc(OCCCOc2ccc(S(=O)(=O)[O-])cc2)cc1.CCC(C)c1ccc(OCc2ccccc2)cc1.CCCCCCCCOc1ccc(C)cc1.COc1cc(C)c(C)c(OC)c1.O=C1C=CCCC1[S+]1CCCC1. The Kier molecular flexibility index (Phi) is 56.9. The second kappa shape index (κ2) is 67.2. The van der Waals surface area contributed by atoms with Crippen LogP contribution in [0.15, 0.2) is 259 Å². The minimum absolute atomic E-state index is 0.109. The highest BCUT2D eigenvalue weighted by atomic mass is 32.2. The summed E-state index contributed by atoms with van der Waals surface area (Å²) in [6.45, 7) is 33.3. The lowest BCUT2D eigenvalue weighted by Gasteiger charge is -2.26. The number of hydrogen-bond acceptors (Lipinski definition) is 18. The van der Waals surface area contributed by atoms with E-state index in [2.05, 4.69) is 180 Å². The Morgan fingerprint density at radius 2 is 0.837 bits per heavy atom. The highest BCUT2D eigenvalue weighted by Crippen LogP contribution is 2.34. The van der Waals surface area contributed by atoms with Crippen LogP contribution in [0.1, 0.15) is 320 Å². The van der Waals surface area contributed by atoms with Crippen LogP contribution in [0.4, 0.5) is 0 Å². The van der Waals surface area contributed by atoms with Crippen molar-refractivity contribution < 1.29 is 83.3 Å². The third kappa shape index (κ3) is 46.7. The Hall–Kier alpha value is -10.4. The fourth-order valence-corrected chi connectivity index (χ4v) is 19.4. The molecule has 141 heavy (non-hydrogen) atoms. The molecule has 7 atom stereocenters. The normalized spacial score (nSPS) is 14.6. The number of Topliss-reactive ketones (excluding diaryl/α,β-unsaturated/α-hetero) is 1. The number of carbonyl (C=O) groups is 2. The topological polar surface area (TPSA) is 252 Å². The van der Waals surface area contributed by atoms with Gasteiger partial charge < -0.3 is 56.8 Å². The number of aryl methyl sites for hydroxylation is 2. The van der Waals surface area contributed by atoms with Gasteiger partial charge in [0, 0.05) is 44.4 Å². The maximum absolute atomic E-state index is 12.1. The average Bonchev–Trinajstić information content (AvgIpc) is 1.36. The molecule has 2 aliphatic carbocycles. The molecule has 3 aliphatic rings. The van der Waals surface area contributed by atoms with Gasteiger partial charge in [0.1, 0.15) is 90.1 Å².